The molecule has 0 saturated carbocycles. The average molecular weight is 188 g/mol. The molecule has 1 aromatic rings. The number of phenols is 1. The van der Waals surface area contributed by atoms with E-state index in [0.29, 0.717) is 0 Å². The van der Waals surface area contributed by atoms with Crippen molar-refractivity contribution in [2.45, 2.75) is 6.92 Å². The highest BCUT2D eigenvalue weighted by molar-refractivity contribution is 5.70. The van der Waals surface area contributed by atoms with E-state index in [4.69, 9.17) is 5.11 Å². The van der Waals surface area contributed by atoms with Crippen LogP contribution in [0.25, 0.3) is 0 Å². The van der Waals surface area contributed by atoms with Gasteiger partial charge in [-0.1, -0.05) is 0 Å². The maximum atomic E-state index is 12.6. The van der Waals surface area contributed by atoms with Gasteiger partial charge >= 0.3 is 5.97 Å². The number of halogens is 2. The summed E-state index contributed by atoms with van der Waals surface area (Å²) in [4.78, 5) is 10.4. The normalized spacial score (nSPS) is 9.77. The van der Waals surface area contributed by atoms with Gasteiger partial charge in [-0.3, -0.25) is 4.79 Å². The lowest BCUT2D eigenvalue weighted by atomic mass is 10.3. The van der Waals surface area contributed by atoms with Crippen molar-refractivity contribution in [2.75, 3.05) is 0 Å². The van der Waals surface area contributed by atoms with Crippen LogP contribution in [0.5, 0.6) is 11.5 Å². The summed E-state index contributed by atoms with van der Waals surface area (Å²) >= 11 is 0. The third kappa shape index (κ3) is 1.93. The van der Waals surface area contributed by atoms with Gasteiger partial charge in [0.1, 0.15) is 0 Å². The number of carbonyl (C=O) groups is 1. The zero-order chi connectivity index (χ0) is 10.0. The SMILES string of the molecule is CC(=O)Oc1ccc(F)c(F)c1O. The summed E-state index contributed by atoms with van der Waals surface area (Å²) in [6.45, 7) is 1.08. The predicted molar refractivity (Wildman–Crippen MR) is 39.3 cm³/mol. The second-order valence-corrected chi connectivity index (χ2v) is 2.30. The first kappa shape index (κ1) is 9.44. The van der Waals surface area contributed by atoms with E-state index in [1.165, 1.54) is 0 Å². The van der Waals surface area contributed by atoms with Crippen molar-refractivity contribution in [2.24, 2.45) is 0 Å². The monoisotopic (exact) mass is 188 g/mol. The summed E-state index contributed by atoms with van der Waals surface area (Å²) in [5, 5.41) is 8.94. The van der Waals surface area contributed by atoms with E-state index >= 15 is 0 Å². The molecule has 0 aliphatic rings. The Balaban J connectivity index is 3.10. The molecule has 0 unspecified atom stereocenters. The van der Waals surface area contributed by atoms with Crippen LogP contribution in [0.15, 0.2) is 12.1 Å². The van der Waals surface area contributed by atoms with Crippen molar-refractivity contribution in [1.29, 1.82) is 0 Å². The highest BCUT2D eigenvalue weighted by atomic mass is 19.2. The van der Waals surface area contributed by atoms with Crippen molar-refractivity contribution < 1.29 is 23.4 Å². The van der Waals surface area contributed by atoms with Crippen LogP contribution < -0.4 is 4.74 Å². The molecule has 70 valence electrons. The fourth-order valence-corrected chi connectivity index (χ4v) is 0.759. The van der Waals surface area contributed by atoms with Gasteiger partial charge in [0.2, 0.25) is 5.82 Å². The molecule has 1 N–H and O–H groups in total. The van der Waals surface area contributed by atoms with E-state index in [2.05, 4.69) is 4.74 Å². The summed E-state index contributed by atoms with van der Waals surface area (Å²) in [6, 6.07) is 1.72. The summed E-state index contributed by atoms with van der Waals surface area (Å²) in [5.41, 5.74) is 0. The van der Waals surface area contributed by atoms with E-state index in [1.807, 2.05) is 0 Å². The number of aromatic hydroxyl groups is 1. The molecular formula is C8H6F2O3. The predicted octanol–water partition coefficient (Wildman–Crippen LogP) is 1.60. The Morgan fingerprint density at radius 3 is 2.62 bits per heavy atom. The Kier molecular flexibility index (Phi) is 2.46. The van der Waals surface area contributed by atoms with Crippen molar-refractivity contribution in [1.82, 2.24) is 0 Å². The molecule has 0 saturated heterocycles. The van der Waals surface area contributed by atoms with Crippen molar-refractivity contribution in [3.63, 3.8) is 0 Å². The molecule has 0 atom stereocenters. The van der Waals surface area contributed by atoms with Crippen LogP contribution in [0.1, 0.15) is 6.92 Å². The Bertz CT molecular complexity index is 349. The number of ether oxygens (including phenoxy) is 1. The van der Waals surface area contributed by atoms with E-state index in [0.717, 1.165) is 19.1 Å². The van der Waals surface area contributed by atoms with Gasteiger partial charge in [0.15, 0.2) is 17.3 Å². The van der Waals surface area contributed by atoms with Crippen LogP contribution >= 0.6 is 0 Å². The van der Waals surface area contributed by atoms with Crippen LogP contribution in [0, 0.1) is 11.6 Å². The summed E-state index contributed by atoms with van der Waals surface area (Å²) < 4.78 is 29.4. The second-order valence-electron chi connectivity index (χ2n) is 2.30. The lowest BCUT2D eigenvalue weighted by Gasteiger charge is -2.04. The fraction of sp³-hybridized carbons (Fsp3) is 0.125. The summed E-state index contributed by atoms with van der Waals surface area (Å²) in [5.74, 6) is -4.75. The van der Waals surface area contributed by atoms with Gasteiger partial charge < -0.3 is 9.84 Å². The van der Waals surface area contributed by atoms with Gasteiger partial charge in [0.25, 0.3) is 0 Å². The molecule has 0 bridgehead atoms. The van der Waals surface area contributed by atoms with Crippen molar-refractivity contribution in [3.8, 4) is 11.5 Å². The molecule has 5 heteroatoms. The van der Waals surface area contributed by atoms with Crippen molar-refractivity contribution in [3.05, 3.63) is 23.8 Å². The van der Waals surface area contributed by atoms with Crippen LogP contribution in [0.2, 0.25) is 0 Å². The quantitative estimate of drug-likeness (QED) is 0.537. The lowest BCUT2D eigenvalue weighted by Crippen LogP contribution is -2.02. The molecule has 13 heavy (non-hydrogen) atoms. The van der Waals surface area contributed by atoms with Gasteiger partial charge in [-0.05, 0) is 12.1 Å². The van der Waals surface area contributed by atoms with E-state index in [9.17, 15) is 13.6 Å². The number of esters is 1. The van der Waals surface area contributed by atoms with E-state index in [1.54, 1.807) is 0 Å². The number of rotatable bonds is 1. The molecule has 0 heterocycles. The molecule has 1 aromatic carbocycles. The Morgan fingerprint density at radius 1 is 1.46 bits per heavy atom. The van der Waals surface area contributed by atoms with Crippen LogP contribution in [-0.2, 0) is 4.79 Å². The molecule has 0 aromatic heterocycles. The molecule has 0 radical (unpaired) electrons. The average Bonchev–Trinajstić information content (AvgIpc) is 2.06. The second kappa shape index (κ2) is 3.38. The maximum absolute atomic E-state index is 12.6. The Morgan fingerprint density at radius 2 is 2.08 bits per heavy atom. The number of hydrogen-bond donors (Lipinski definition) is 1. The lowest BCUT2D eigenvalue weighted by molar-refractivity contribution is -0.132. The standard InChI is InChI=1S/C8H6F2O3/c1-4(11)13-6-3-2-5(9)7(10)8(6)12/h2-3,12H,1H3. The molecule has 3 nitrogen and oxygen atoms in total. The van der Waals surface area contributed by atoms with Gasteiger partial charge in [-0.15, -0.1) is 0 Å². The highest BCUT2D eigenvalue weighted by Crippen LogP contribution is 2.30. The minimum atomic E-state index is -1.43. The molecule has 0 aliphatic carbocycles. The molecule has 0 amide bonds. The summed E-state index contributed by atoms with van der Waals surface area (Å²) in [6.07, 6.45) is 0. The highest BCUT2D eigenvalue weighted by Gasteiger charge is 2.14. The first-order valence-electron chi connectivity index (χ1n) is 3.37. The Hall–Kier alpha value is -1.65. The van der Waals surface area contributed by atoms with Crippen LogP contribution in [-0.4, -0.2) is 11.1 Å². The fourth-order valence-electron chi connectivity index (χ4n) is 0.759. The number of carbonyl (C=O) groups excluding carboxylic acids is 1. The number of hydrogen-bond acceptors (Lipinski definition) is 3. The topological polar surface area (TPSA) is 46.5 Å². The molecule has 0 spiro atoms. The molecule has 0 aliphatic heterocycles. The van der Waals surface area contributed by atoms with Crippen LogP contribution in [0.4, 0.5) is 8.78 Å². The third-order valence-corrected chi connectivity index (χ3v) is 1.29. The van der Waals surface area contributed by atoms with Gasteiger partial charge in [-0.25, -0.2) is 4.39 Å². The zero-order valence-corrected chi connectivity index (χ0v) is 6.67. The van der Waals surface area contributed by atoms with E-state index < -0.39 is 29.1 Å². The molecular weight excluding hydrogens is 182 g/mol. The molecule has 1 rings (SSSR count). The summed E-state index contributed by atoms with van der Waals surface area (Å²) in [7, 11) is 0. The largest absolute Gasteiger partial charge is 0.502 e. The maximum Gasteiger partial charge on any atom is 0.308 e. The van der Waals surface area contributed by atoms with E-state index in [-0.39, 0.29) is 0 Å². The minimum absolute atomic E-state index is 0.397. The van der Waals surface area contributed by atoms with Crippen molar-refractivity contribution >= 4 is 5.97 Å². The smallest absolute Gasteiger partial charge is 0.308 e. The first-order chi connectivity index (χ1) is 6.02. The van der Waals surface area contributed by atoms with Gasteiger partial charge in [0.05, 0.1) is 0 Å². The molecule has 0 fully saturated rings. The van der Waals surface area contributed by atoms with Gasteiger partial charge in [0, 0.05) is 6.92 Å². The zero-order valence-electron chi connectivity index (χ0n) is 6.67. The Labute approximate surface area is 72.6 Å². The minimum Gasteiger partial charge on any atom is -0.502 e. The van der Waals surface area contributed by atoms with Gasteiger partial charge in [-0.2, -0.15) is 4.39 Å². The number of phenolic OH excluding ortho intramolecular Hbond substituents is 1. The number of benzene rings is 1. The third-order valence-electron chi connectivity index (χ3n) is 1.29. The first-order valence-corrected chi connectivity index (χ1v) is 3.37. The van der Waals surface area contributed by atoms with Crippen LogP contribution in [0.3, 0.4) is 0 Å².